The molecule has 3 aromatic rings. The van der Waals surface area contributed by atoms with Crippen molar-refractivity contribution in [1.29, 1.82) is 0 Å². The normalized spacial score (nSPS) is 10.2. The Hall–Kier alpha value is -2.73. The van der Waals surface area contributed by atoms with Gasteiger partial charge < -0.3 is 10.2 Å². The van der Waals surface area contributed by atoms with Crippen LogP contribution in [0.3, 0.4) is 0 Å². The molecule has 0 aliphatic heterocycles. The number of carbonyl (C=O) groups is 1. The molecule has 120 valence electrons. The lowest BCUT2D eigenvalue weighted by Gasteiger charge is -2.17. The Kier molecular flexibility index (Phi) is 4.86. The fourth-order valence-electron chi connectivity index (χ4n) is 2.16. The first kappa shape index (κ1) is 16.1. The second-order valence-electron chi connectivity index (χ2n) is 5.10. The Morgan fingerprint density at radius 3 is 2.62 bits per heavy atom. The van der Waals surface area contributed by atoms with Crippen LogP contribution in [-0.2, 0) is 0 Å². The van der Waals surface area contributed by atoms with Crippen LogP contribution < -0.4 is 10.2 Å². The molecule has 1 N–H and O–H groups in total. The van der Waals surface area contributed by atoms with Crippen LogP contribution >= 0.6 is 15.9 Å². The largest absolute Gasteiger partial charge is 0.321 e. The van der Waals surface area contributed by atoms with E-state index in [4.69, 9.17) is 0 Å². The molecule has 0 radical (unpaired) electrons. The predicted octanol–water partition coefficient (Wildman–Crippen LogP) is 4.26. The van der Waals surface area contributed by atoms with Gasteiger partial charge in [0.05, 0.1) is 0 Å². The molecule has 0 saturated carbocycles. The number of hydrogen-bond acceptors (Lipinski definition) is 4. The van der Waals surface area contributed by atoms with E-state index in [1.807, 2.05) is 66.5 Å². The maximum Gasteiger partial charge on any atom is 0.274 e. The number of anilines is 3. The molecule has 0 atom stereocenters. The summed E-state index contributed by atoms with van der Waals surface area (Å²) in [6.07, 6.45) is 1.58. The fourth-order valence-corrected chi connectivity index (χ4v) is 2.56. The molecule has 1 aromatic heterocycles. The van der Waals surface area contributed by atoms with Gasteiger partial charge in [-0.2, -0.15) is 0 Å². The number of nitrogens with zero attached hydrogens (tertiary/aromatic N) is 3. The first-order valence-electron chi connectivity index (χ1n) is 7.32. The lowest BCUT2D eigenvalue weighted by Crippen LogP contribution is -2.18. The van der Waals surface area contributed by atoms with Gasteiger partial charge in [-0.1, -0.05) is 40.2 Å². The average Bonchev–Trinajstić information content (AvgIpc) is 2.62. The summed E-state index contributed by atoms with van der Waals surface area (Å²) < 4.78 is 0.896. The number of halogens is 1. The molecule has 0 unspecified atom stereocenters. The third-order valence-electron chi connectivity index (χ3n) is 3.40. The van der Waals surface area contributed by atoms with Gasteiger partial charge in [0.15, 0.2) is 0 Å². The number of aromatic nitrogens is 2. The van der Waals surface area contributed by atoms with Crippen LogP contribution in [0.4, 0.5) is 17.3 Å². The Morgan fingerprint density at radius 2 is 1.88 bits per heavy atom. The van der Waals surface area contributed by atoms with Crippen molar-refractivity contribution in [3.8, 4) is 0 Å². The van der Waals surface area contributed by atoms with Crippen molar-refractivity contribution in [2.45, 2.75) is 0 Å². The zero-order valence-corrected chi connectivity index (χ0v) is 14.6. The molecule has 1 heterocycles. The van der Waals surface area contributed by atoms with Crippen molar-refractivity contribution in [2.75, 3.05) is 17.3 Å². The van der Waals surface area contributed by atoms with Crippen molar-refractivity contribution in [3.63, 3.8) is 0 Å². The van der Waals surface area contributed by atoms with E-state index in [9.17, 15) is 4.79 Å². The minimum Gasteiger partial charge on any atom is -0.321 e. The van der Waals surface area contributed by atoms with Crippen LogP contribution in [0, 0.1) is 0 Å². The van der Waals surface area contributed by atoms with E-state index >= 15 is 0 Å². The third-order valence-corrected chi connectivity index (χ3v) is 3.89. The summed E-state index contributed by atoms with van der Waals surface area (Å²) in [7, 11) is 1.86. The predicted molar refractivity (Wildman–Crippen MR) is 98.6 cm³/mol. The highest BCUT2D eigenvalue weighted by Gasteiger charge is 2.12. The lowest BCUT2D eigenvalue weighted by atomic mass is 10.3. The summed E-state index contributed by atoms with van der Waals surface area (Å²) >= 11 is 3.38. The van der Waals surface area contributed by atoms with E-state index in [0.717, 1.165) is 10.2 Å². The number of para-hydroxylation sites is 1. The number of benzene rings is 2. The van der Waals surface area contributed by atoms with Gasteiger partial charge in [0, 0.05) is 29.1 Å². The molecule has 0 fully saturated rings. The van der Waals surface area contributed by atoms with Crippen LogP contribution in [0.15, 0.2) is 71.3 Å². The van der Waals surface area contributed by atoms with Gasteiger partial charge in [0.25, 0.3) is 5.91 Å². The van der Waals surface area contributed by atoms with E-state index in [2.05, 4.69) is 31.2 Å². The molecule has 5 nitrogen and oxygen atoms in total. The fraction of sp³-hybridized carbons (Fsp3) is 0.0556. The number of nitrogens with one attached hydrogen (secondary N) is 1. The van der Waals surface area contributed by atoms with E-state index < -0.39 is 0 Å². The van der Waals surface area contributed by atoms with Crippen LogP contribution in [0.25, 0.3) is 0 Å². The van der Waals surface area contributed by atoms with E-state index in [1.165, 1.54) is 0 Å². The second kappa shape index (κ2) is 7.23. The summed E-state index contributed by atoms with van der Waals surface area (Å²) in [6, 6.07) is 18.7. The van der Waals surface area contributed by atoms with Crippen molar-refractivity contribution in [2.24, 2.45) is 0 Å². The molecule has 1 amide bonds. The number of hydrogen-bond donors (Lipinski definition) is 1. The zero-order chi connectivity index (χ0) is 16.9. The number of carbonyl (C=O) groups excluding carboxylic acids is 1. The van der Waals surface area contributed by atoms with Gasteiger partial charge in [-0.25, -0.2) is 9.97 Å². The molecule has 0 aliphatic carbocycles. The molecular weight excluding hydrogens is 368 g/mol. The second-order valence-corrected chi connectivity index (χ2v) is 6.02. The van der Waals surface area contributed by atoms with Gasteiger partial charge in [-0.05, 0) is 36.4 Å². The molecule has 0 saturated heterocycles. The average molecular weight is 383 g/mol. The minimum absolute atomic E-state index is 0.279. The number of amides is 1. The van der Waals surface area contributed by atoms with Gasteiger partial charge in [0.1, 0.15) is 5.69 Å². The van der Waals surface area contributed by atoms with Gasteiger partial charge in [-0.3, -0.25) is 4.79 Å². The number of rotatable bonds is 4. The van der Waals surface area contributed by atoms with Crippen molar-refractivity contribution < 1.29 is 4.79 Å². The first-order valence-corrected chi connectivity index (χ1v) is 8.11. The highest BCUT2D eigenvalue weighted by molar-refractivity contribution is 9.10. The quantitative estimate of drug-likeness (QED) is 0.732. The Labute approximate surface area is 148 Å². The molecule has 0 bridgehead atoms. The van der Waals surface area contributed by atoms with E-state index in [0.29, 0.717) is 17.3 Å². The SMILES string of the molecule is CN(c1ccccc1)c1nccc(C(=O)Nc2cccc(Br)c2)n1. The van der Waals surface area contributed by atoms with Gasteiger partial charge in [0.2, 0.25) is 5.95 Å². The van der Waals surface area contributed by atoms with Crippen molar-refractivity contribution in [3.05, 3.63) is 77.0 Å². The summed E-state index contributed by atoms with van der Waals surface area (Å²) in [5.41, 5.74) is 1.95. The molecule has 0 spiro atoms. The van der Waals surface area contributed by atoms with Crippen LogP contribution in [0.1, 0.15) is 10.5 Å². The van der Waals surface area contributed by atoms with Gasteiger partial charge in [-0.15, -0.1) is 0 Å². The maximum atomic E-state index is 12.4. The summed E-state index contributed by atoms with van der Waals surface area (Å²) in [5.74, 6) is 0.182. The van der Waals surface area contributed by atoms with Gasteiger partial charge >= 0.3 is 0 Å². The Bertz CT molecular complexity index is 854. The lowest BCUT2D eigenvalue weighted by molar-refractivity contribution is 0.102. The minimum atomic E-state index is -0.279. The topological polar surface area (TPSA) is 58.1 Å². The van der Waals surface area contributed by atoms with E-state index in [1.54, 1.807) is 12.3 Å². The van der Waals surface area contributed by atoms with Crippen molar-refractivity contribution in [1.82, 2.24) is 9.97 Å². The van der Waals surface area contributed by atoms with E-state index in [-0.39, 0.29) is 5.91 Å². The Morgan fingerprint density at radius 1 is 1.08 bits per heavy atom. The maximum absolute atomic E-state index is 12.4. The zero-order valence-electron chi connectivity index (χ0n) is 13.0. The Balaban J connectivity index is 1.81. The molecular formula is C18H15BrN4O. The molecule has 6 heteroatoms. The van der Waals surface area contributed by atoms with Crippen molar-refractivity contribution >= 4 is 39.2 Å². The smallest absolute Gasteiger partial charge is 0.274 e. The molecule has 3 rings (SSSR count). The summed E-state index contributed by atoms with van der Waals surface area (Å²) in [4.78, 5) is 22.8. The first-order chi connectivity index (χ1) is 11.6. The third kappa shape index (κ3) is 3.78. The highest BCUT2D eigenvalue weighted by atomic mass is 79.9. The molecule has 2 aromatic carbocycles. The highest BCUT2D eigenvalue weighted by Crippen LogP contribution is 2.20. The monoisotopic (exact) mass is 382 g/mol. The van der Waals surface area contributed by atoms with Crippen LogP contribution in [0.5, 0.6) is 0 Å². The standard InChI is InChI=1S/C18H15BrN4O/c1-23(15-8-3-2-4-9-15)18-20-11-10-16(22-18)17(24)21-14-7-5-6-13(19)12-14/h2-12H,1H3,(H,21,24). The van der Waals surface area contributed by atoms with Crippen LogP contribution in [-0.4, -0.2) is 22.9 Å². The van der Waals surface area contributed by atoms with Crippen LogP contribution in [0.2, 0.25) is 0 Å². The molecule has 0 aliphatic rings. The summed E-state index contributed by atoms with van der Waals surface area (Å²) in [5, 5.41) is 2.83. The summed E-state index contributed by atoms with van der Waals surface area (Å²) in [6.45, 7) is 0. The molecule has 24 heavy (non-hydrogen) atoms.